The van der Waals surface area contributed by atoms with Gasteiger partial charge in [-0.05, 0) is 18.9 Å². The highest BCUT2D eigenvalue weighted by Gasteiger charge is 2.24. The molecule has 1 N–H and O–H groups in total. The number of benzene rings is 1. The number of hydrogen-bond donors (Lipinski definition) is 1. The summed E-state index contributed by atoms with van der Waals surface area (Å²) in [5.41, 5.74) is -0.262. The molecule has 0 unspecified atom stereocenters. The summed E-state index contributed by atoms with van der Waals surface area (Å²) in [5.74, 6) is 0.0182. The van der Waals surface area contributed by atoms with E-state index in [1.165, 1.54) is 12.1 Å². The van der Waals surface area contributed by atoms with Crippen LogP contribution in [0.5, 0.6) is 5.75 Å². The number of nitrogens with zero attached hydrogens (tertiary/aromatic N) is 1. The Hall–Kier alpha value is -2.11. The second-order valence-electron chi connectivity index (χ2n) is 4.44. The minimum Gasteiger partial charge on any atom is -0.493 e. The molecular formula is C13H18N2O4. The van der Waals surface area contributed by atoms with E-state index < -0.39 is 10.8 Å². The van der Waals surface area contributed by atoms with Gasteiger partial charge in [0, 0.05) is 12.6 Å². The normalized spacial score (nSPS) is 10.3. The fourth-order valence-electron chi connectivity index (χ4n) is 1.56. The molecule has 1 aromatic carbocycles. The molecule has 0 saturated carbocycles. The molecule has 1 rings (SSSR count). The van der Waals surface area contributed by atoms with Gasteiger partial charge in [0.05, 0.1) is 11.5 Å². The second kappa shape index (κ2) is 6.72. The maximum Gasteiger partial charge on any atom is 0.285 e. The SMILES string of the molecule is CCOc1cccc([N+](=O)[O-])c1C(=O)NCC(C)C. The van der Waals surface area contributed by atoms with Crippen molar-refractivity contribution in [2.45, 2.75) is 20.8 Å². The van der Waals surface area contributed by atoms with Crippen molar-refractivity contribution >= 4 is 11.6 Å². The highest BCUT2D eigenvalue weighted by atomic mass is 16.6. The van der Waals surface area contributed by atoms with Crippen LogP contribution in [-0.4, -0.2) is 24.0 Å². The van der Waals surface area contributed by atoms with Crippen LogP contribution in [0.15, 0.2) is 18.2 Å². The lowest BCUT2D eigenvalue weighted by atomic mass is 10.1. The molecule has 0 fully saturated rings. The highest BCUT2D eigenvalue weighted by Crippen LogP contribution is 2.28. The predicted molar refractivity (Wildman–Crippen MR) is 71.4 cm³/mol. The first-order valence-corrected chi connectivity index (χ1v) is 6.15. The van der Waals surface area contributed by atoms with E-state index in [0.717, 1.165) is 0 Å². The molecule has 104 valence electrons. The van der Waals surface area contributed by atoms with E-state index in [1.807, 2.05) is 13.8 Å². The Labute approximate surface area is 111 Å². The molecule has 6 nitrogen and oxygen atoms in total. The molecule has 0 spiro atoms. The quantitative estimate of drug-likeness (QED) is 0.633. The standard InChI is InChI=1S/C13H18N2O4/c1-4-19-11-7-5-6-10(15(17)18)12(11)13(16)14-8-9(2)3/h5-7,9H,4,8H2,1-3H3,(H,14,16). The van der Waals surface area contributed by atoms with Crippen LogP contribution in [0.1, 0.15) is 31.1 Å². The third kappa shape index (κ3) is 3.94. The Morgan fingerprint density at radius 1 is 1.47 bits per heavy atom. The maximum atomic E-state index is 12.1. The maximum absolute atomic E-state index is 12.1. The minimum atomic E-state index is -0.577. The monoisotopic (exact) mass is 266 g/mol. The molecule has 19 heavy (non-hydrogen) atoms. The van der Waals surface area contributed by atoms with Crippen molar-refractivity contribution in [1.82, 2.24) is 5.32 Å². The lowest BCUT2D eigenvalue weighted by molar-refractivity contribution is -0.385. The number of rotatable bonds is 6. The van der Waals surface area contributed by atoms with Gasteiger partial charge >= 0.3 is 0 Å². The average Bonchev–Trinajstić information content (AvgIpc) is 2.36. The van der Waals surface area contributed by atoms with E-state index in [-0.39, 0.29) is 22.9 Å². The number of nitro benzene ring substituents is 1. The molecule has 0 aromatic heterocycles. The zero-order valence-electron chi connectivity index (χ0n) is 11.3. The number of amides is 1. The summed E-state index contributed by atoms with van der Waals surface area (Å²) >= 11 is 0. The minimum absolute atomic E-state index is 0.0185. The first-order chi connectivity index (χ1) is 8.97. The van der Waals surface area contributed by atoms with Crippen molar-refractivity contribution < 1.29 is 14.5 Å². The Kier molecular flexibility index (Phi) is 5.29. The fraction of sp³-hybridized carbons (Fsp3) is 0.462. The largest absolute Gasteiger partial charge is 0.493 e. The number of nitrogens with one attached hydrogen (secondary N) is 1. The van der Waals surface area contributed by atoms with E-state index >= 15 is 0 Å². The predicted octanol–water partition coefficient (Wildman–Crippen LogP) is 2.38. The smallest absolute Gasteiger partial charge is 0.285 e. The van der Waals surface area contributed by atoms with E-state index in [9.17, 15) is 14.9 Å². The van der Waals surface area contributed by atoms with E-state index in [0.29, 0.717) is 13.2 Å². The van der Waals surface area contributed by atoms with Gasteiger partial charge in [0.2, 0.25) is 0 Å². The van der Waals surface area contributed by atoms with Crippen LogP contribution in [0.3, 0.4) is 0 Å². The Morgan fingerprint density at radius 2 is 2.16 bits per heavy atom. The van der Waals surface area contributed by atoms with E-state index in [4.69, 9.17) is 4.74 Å². The summed E-state index contributed by atoms with van der Waals surface area (Å²) in [6, 6.07) is 4.36. The third-order valence-electron chi connectivity index (χ3n) is 2.40. The van der Waals surface area contributed by atoms with Crippen LogP contribution in [0.25, 0.3) is 0 Å². The summed E-state index contributed by atoms with van der Waals surface area (Å²) in [7, 11) is 0. The van der Waals surface area contributed by atoms with Gasteiger partial charge in [-0.1, -0.05) is 19.9 Å². The summed E-state index contributed by atoms with van der Waals surface area (Å²) in [4.78, 5) is 22.5. The van der Waals surface area contributed by atoms with E-state index in [1.54, 1.807) is 13.0 Å². The van der Waals surface area contributed by atoms with Crippen molar-refractivity contribution in [3.63, 3.8) is 0 Å². The molecule has 0 aliphatic heterocycles. The number of nitro groups is 1. The number of ether oxygens (including phenoxy) is 1. The first-order valence-electron chi connectivity index (χ1n) is 6.15. The topological polar surface area (TPSA) is 81.5 Å². The molecule has 1 aromatic rings. The van der Waals surface area contributed by atoms with Gasteiger partial charge in [-0.3, -0.25) is 14.9 Å². The van der Waals surface area contributed by atoms with Crippen LogP contribution in [-0.2, 0) is 0 Å². The molecule has 0 saturated heterocycles. The molecule has 0 atom stereocenters. The van der Waals surface area contributed by atoms with Gasteiger partial charge in [-0.2, -0.15) is 0 Å². The van der Waals surface area contributed by atoms with Crippen molar-refractivity contribution in [2.75, 3.05) is 13.2 Å². The second-order valence-corrected chi connectivity index (χ2v) is 4.44. The lowest BCUT2D eigenvalue weighted by Gasteiger charge is -2.12. The Balaban J connectivity index is 3.13. The molecule has 1 amide bonds. The molecule has 0 bridgehead atoms. The van der Waals surface area contributed by atoms with Gasteiger partial charge in [0.15, 0.2) is 5.56 Å². The summed E-state index contributed by atoms with van der Waals surface area (Å²) in [5, 5.41) is 13.7. The van der Waals surface area contributed by atoms with Crippen molar-refractivity contribution in [3.05, 3.63) is 33.9 Å². The van der Waals surface area contributed by atoms with E-state index in [2.05, 4.69) is 5.32 Å². The average molecular weight is 266 g/mol. The summed E-state index contributed by atoms with van der Waals surface area (Å²) < 4.78 is 5.29. The lowest BCUT2D eigenvalue weighted by Crippen LogP contribution is -2.28. The van der Waals surface area contributed by atoms with Gasteiger partial charge in [-0.25, -0.2) is 0 Å². The Morgan fingerprint density at radius 3 is 2.68 bits per heavy atom. The van der Waals surface area contributed by atoms with Gasteiger partial charge in [0.25, 0.3) is 11.6 Å². The van der Waals surface area contributed by atoms with Crippen LogP contribution in [0.2, 0.25) is 0 Å². The molecule has 6 heteroatoms. The number of carbonyl (C=O) groups is 1. The van der Waals surface area contributed by atoms with Crippen molar-refractivity contribution in [3.8, 4) is 5.75 Å². The Bertz CT molecular complexity index is 472. The molecule has 0 aliphatic rings. The zero-order chi connectivity index (χ0) is 14.4. The van der Waals surface area contributed by atoms with Crippen LogP contribution < -0.4 is 10.1 Å². The molecule has 0 aliphatic carbocycles. The highest BCUT2D eigenvalue weighted by molar-refractivity contribution is 6.00. The zero-order valence-corrected chi connectivity index (χ0v) is 11.3. The van der Waals surface area contributed by atoms with Gasteiger partial charge in [0.1, 0.15) is 5.75 Å². The van der Waals surface area contributed by atoms with Gasteiger partial charge in [-0.15, -0.1) is 0 Å². The molecule has 0 heterocycles. The van der Waals surface area contributed by atoms with Crippen LogP contribution in [0, 0.1) is 16.0 Å². The van der Waals surface area contributed by atoms with Crippen molar-refractivity contribution in [2.24, 2.45) is 5.92 Å². The van der Waals surface area contributed by atoms with Crippen molar-refractivity contribution in [1.29, 1.82) is 0 Å². The summed E-state index contributed by atoms with van der Waals surface area (Å²) in [6.07, 6.45) is 0. The number of hydrogen-bond acceptors (Lipinski definition) is 4. The third-order valence-corrected chi connectivity index (χ3v) is 2.40. The molecular weight excluding hydrogens is 248 g/mol. The summed E-state index contributed by atoms with van der Waals surface area (Å²) in [6.45, 7) is 6.45. The number of carbonyl (C=O) groups excluding carboxylic acids is 1. The first kappa shape index (κ1) is 14.9. The van der Waals surface area contributed by atoms with Crippen LogP contribution in [0.4, 0.5) is 5.69 Å². The van der Waals surface area contributed by atoms with Crippen LogP contribution >= 0.6 is 0 Å². The van der Waals surface area contributed by atoms with Gasteiger partial charge < -0.3 is 10.1 Å². The molecule has 0 radical (unpaired) electrons. The fourth-order valence-corrected chi connectivity index (χ4v) is 1.56.